The Morgan fingerprint density at radius 3 is 2.77 bits per heavy atom. The standard InChI is InChI=1S/C11H18N2/c1-6-11-7-12-9(4)10(5)13(11)8(2)3/h7,10H,2,6H2,1,3-5H3. The van der Waals surface area contributed by atoms with Gasteiger partial charge in [-0.2, -0.15) is 0 Å². The second kappa shape index (κ2) is 3.77. The number of rotatable bonds is 2. The van der Waals surface area contributed by atoms with E-state index in [0.717, 1.165) is 17.8 Å². The first-order valence-corrected chi connectivity index (χ1v) is 4.76. The van der Waals surface area contributed by atoms with Gasteiger partial charge in [-0.1, -0.05) is 13.5 Å². The number of hydrogen-bond donors (Lipinski definition) is 0. The average molecular weight is 178 g/mol. The first-order valence-electron chi connectivity index (χ1n) is 4.76. The fraction of sp³-hybridized carbons (Fsp3) is 0.545. The predicted octanol–water partition coefficient (Wildman–Crippen LogP) is 2.94. The molecule has 0 fully saturated rings. The second-order valence-electron chi connectivity index (χ2n) is 3.53. The molecule has 0 spiro atoms. The highest BCUT2D eigenvalue weighted by Gasteiger charge is 2.21. The van der Waals surface area contributed by atoms with E-state index in [4.69, 9.17) is 0 Å². The molecule has 1 aliphatic heterocycles. The summed E-state index contributed by atoms with van der Waals surface area (Å²) in [6.45, 7) is 12.4. The summed E-state index contributed by atoms with van der Waals surface area (Å²) in [4.78, 5) is 6.62. The van der Waals surface area contributed by atoms with Crippen LogP contribution in [-0.2, 0) is 0 Å². The molecule has 2 nitrogen and oxygen atoms in total. The predicted molar refractivity (Wildman–Crippen MR) is 57.6 cm³/mol. The first-order chi connectivity index (χ1) is 6.07. The van der Waals surface area contributed by atoms with Crippen molar-refractivity contribution in [3.05, 3.63) is 24.2 Å². The van der Waals surface area contributed by atoms with Crippen molar-refractivity contribution in [3.63, 3.8) is 0 Å². The highest BCUT2D eigenvalue weighted by atomic mass is 15.2. The lowest BCUT2D eigenvalue weighted by Gasteiger charge is -2.35. The molecule has 0 saturated carbocycles. The molecule has 1 unspecified atom stereocenters. The van der Waals surface area contributed by atoms with Gasteiger partial charge in [0.2, 0.25) is 0 Å². The lowest BCUT2D eigenvalue weighted by Crippen LogP contribution is -2.37. The van der Waals surface area contributed by atoms with Crippen LogP contribution in [0.3, 0.4) is 0 Å². The molecule has 1 rings (SSSR count). The van der Waals surface area contributed by atoms with Gasteiger partial charge in [-0.05, 0) is 27.2 Å². The van der Waals surface area contributed by atoms with E-state index in [1.807, 2.05) is 13.1 Å². The van der Waals surface area contributed by atoms with Crippen LogP contribution >= 0.6 is 0 Å². The highest BCUT2D eigenvalue weighted by Crippen LogP contribution is 2.22. The van der Waals surface area contributed by atoms with E-state index >= 15 is 0 Å². The van der Waals surface area contributed by atoms with Crippen LogP contribution in [0.15, 0.2) is 29.2 Å². The molecule has 0 radical (unpaired) electrons. The summed E-state index contributed by atoms with van der Waals surface area (Å²) in [5.74, 6) is 0. The molecule has 1 heterocycles. The lowest BCUT2D eigenvalue weighted by molar-refractivity contribution is 0.382. The van der Waals surface area contributed by atoms with Crippen molar-refractivity contribution in [1.29, 1.82) is 0 Å². The molecule has 13 heavy (non-hydrogen) atoms. The molecule has 0 amide bonds. The van der Waals surface area contributed by atoms with E-state index in [1.165, 1.54) is 5.70 Å². The third-order valence-electron chi connectivity index (χ3n) is 2.49. The molecule has 0 aromatic carbocycles. The minimum absolute atomic E-state index is 0.359. The number of aliphatic imine (C=N–C) groups is 1. The molecule has 0 N–H and O–H groups in total. The molecule has 1 atom stereocenters. The second-order valence-corrected chi connectivity index (χ2v) is 3.53. The van der Waals surface area contributed by atoms with Crippen molar-refractivity contribution in [1.82, 2.24) is 4.90 Å². The SMILES string of the molecule is C=C(C)N1C(CC)=CN=C(C)C1C. The maximum atomic E-state index is 4.37. The van der Waals surface area contributed by atoms with Gasteiger partial charge in [0.25, 0.3) is 0 Å². The summed E-state index contributed by atoms with van der Waals surface area (Å²) in [6, 6.07) is 0.359. The Balaban J connectivity index is 2.99. The van der Waals surface area contributed by atoms with Gasteiger partial charge in [0.05, 0.1) is 6.04 Å². The van der Waals surface area contributed by atoms with Gasteiger partial charge in [-0.15, -0.1) is 0 Å². The Bertz CT molecular complexity index is 274. The van der Waals surface area contributed by atoms with E-state index in [-0.39, 0.29) is 0 Å². The zero-order valence-corrected chi connectivity index (χ0v) is 8.96. The molecule has 0 aromatic rings. The fourth-order valence-electron chi connectivity index (χ4n) is 1.62. The van der Waals surface area contributed by atoms with E-state index < -0.39 is 0 Å². The summed E-state index contributed by atoms with van der Waals surface area (Å²) >= 11 is 0. The van der Waals surface area contributed by atoms with Gasteiger partial charge in [0, 0.05) is 23.3 Å². The minimum atomic E-state index is 0.359. The zero-order chi connectivity index (χ0) is 10.0. The van der Waals surface area contributed by atoms with Crippen molar-refractivity contribution < 1.29 is 0 Å². The van der Waals surface area contributed by atoms with Gasteiger partial charge >= 0.3 is 0 Å². The van der Waals surface area contributed by atoms with Gasteiger partial charge < -0.3 is 4.90 Å². The van der Waals surface area contributed by atoms with Crippen LogP contribution < -0.4 is 0 Å². The summed E-state index contributed by atoms with van der Waals surface area (Å²) < 4.78 is 0. The smallest absolute Gasteiger partial charge is 0.0686 e. The average Bonchev–Trinajstić information content (AvgIpc) is 2.08. The van der Waals surface area contributed by atoms with E-state index in [0.29, 0.717) is 6.04 Å². The molecule has 72 valence electrons. The zero-order valence-electron chi connectivity index (χ0n) is 8.96. The van der Waals surface area contributed by atoms with Crippen molar-refractivity contribution in [2.45, 2.75) is 40.2 Å². The van der Waals surface area contributed by atoms with Crippen LogP contribution in [0.5, 0.6) is 0 Å². The molecule has 0 bridgehead atoms. The van der Waals surface area contributed by atoms with Gasteiger partial charge in [0.1, 0.15) is 0 Å². The Labute approximate surface area is 80.7 Å². The molecular weight excluding hydrogens is 160 g/mol. The largest absolute Gasteiger partial charge is 0.340 e. The summed E-state index contributed by atoms with van der Waals surface area (Å²) in [5, 5.41) is 0. The van der Waals surface area contributed by atoms with Crippen LogP contribution in [0.2, 0.25) is 0 Å². The molecule has 0 saturated heterocycles. The Morgan fingerprint density at radius 1 is 1.69 bits per heavy atom. The number of nitrogens with zero attached hydrogens (tertiary/aromatic N) is 2. The molecule has 0 aromatic heterocycles. The summed E-state index contributed by atoms with van der Waals surface area (Å²) in [6.07, 6.45) is 2.96. The molecular formula is C11H18N2. The summed E-state index contributed by atoms with van der Waals surface area (Å²) in [5.41, 5.74) is 3.50. The topological polar surface area (TPSA) is 15.6 Å². The normalized spacial score (nSPS) is 22.5. The maximum Gasteiger partial charge on any atom is 0.0686 e. The van der Waals surface area contributed by atoms with Crippen molar-refractivity contribution in [3.8, 4) is 0 Å². The van der Waals surface area contributed by atoms with Crippen LogP contribution in [0, 0.1) is 0 Å². The van der Waals surface area contributed by atoms with Crippen molar-refractivity contribution in [2.24, 2.45) is 4.99 Å². The van der Waals surface area contributed by atoms with Crippen LogP contribution in [0.4, 0.5) is 0 Å². The van der Waals surface area contributed by atoms with E-state index in [1.54, 1.807) is 0 Å². The van der Waals surface area contributed by atoms with Crippen LogP contribution in [0.25, 0.3) is 0 Å². The van der Waals surface area contributed by atoms with Crippen molar-refractivity contribution >= 4 is 5.71 Å². The van der Waals surface area contributed by atoms with Crippen LogP contribution in [-0.4, -0.2) is 16.7 Å². The van der Waals surface area contributed by atoms with Crippen molar-refractivity contribution in [2.75, 3.05) is 0 Å². The van der Waals surface area contributed by atoms with Gasteiger partial charge in [0.15, 0.2) is 0 Å². The highest BCUT2D eigenvalue weighted by molar-refractivity contribution is 5.88. The molecule has 2 heteroatoms. The van der Waals surface area contributed by atoms with Gasteiger partial charge in [-0.25, -0.2) is 0 Å². The number of allylic oxidation sites excluding steroid dienone is 2. The Morgan fingerprint density at radius 2 is 2.31 bits per heavy atom. The molecule has 0 aliphatic carbocycles. The number of hydrogen-bond acceptors (Lipinski definition) is 2. The Hall–Kier alpha value is -1.05. The minimum Gasteiger partial charge on any atom is -0.340 e. The maximum absolute atomic E-state index is 4.37. The third-order valence-corrected chi connectivity index (χ3v) is 2.49. The van der Waals surface area contributed by atoms with E-state index in [9.17, 15) is 0 Å². The van der Waals surface area contributed by atoms with Gasteiger partial charge in [-0.3, -0.25) is 4.99 Å². The lowest BCUT2D eigenvalue weighted by atomic mass is 10.1. The third kappa shape index (κ3) is 1.82. The first kappa shape index (κ1) is 10.0. The molecule has 1 aliphatic rings. The quantitative estimate of drug-likeness (QED) is 0.634. The summed E-state index contributed by atoms with van der Waals surface area (Å²) in [7, 11) is 0. The monoisotopic (exact) mass is 178 g/mol. The fourth-order valence-corrected chi connectivity index (χ4v) is 1.62. The van der Waals surface area contributed by atoms with E-state index in [2.05, 4.69) is 37.2 Å². The van der Waals surface area contributed by atoms with Crippen LogP contribution in [0.1, 0.15) is 34.1 Å². The Kier molecular flexibility index (Phi) is 2.91.